The van der Waals surface area contributed by atoms with Crippen LogP contribution in [0.1, 0.15) is 11.1 Å². The highest BCUT2D eigenvalue weighted by Gasteiger charge is 2.17. The van der Waals surface area contributed by atoms with Gasteiger partial charge in [0.05, 0.1) is 16.6 Å². The molecule has 0 amide bonds. The highest BCUT2D eigenvalue weighted by molar-refractivity contribution is 5.46. The molecule has 0 N–H and O–H groups in total. The molecule has 0 aliphatic carbocycles. The van der Waals surface area contributed by atoms with E-state index >= 15 is 0 Å². The molecule has 0 aliphatic rings. The third kappa shape index (κ3) is 3.12. The summed E-state index contributed by atoms with van der Waals surface area (Å²) in [6.07, 6.45) is 0. The van der Waals surface area contributed by atoms with Gasteiger partial charge in [0.2, 0.25) is 0 Å². The number of nitro benzene ring substituents is 1. The van der Waals surface area contributed by atoms with Gasteiger partial charge in [0.15, 0.2) is 5.75 Å². The summed E-state index contributed by atoms with van der Waals surface area (Å²) in [6, 6.07) is 8.67. The van der Waals surface area contributed by atoms with Crippen molar-refractivity contribution in [3.05, 3.63) is 69.3 Å². The van der Waals surface area contributed by atoms with Crippen molar-refractivity contribution in [2.75, 3.05) is 0 Å². The Morgan fingerprint density at radius 2 is 2.05 bits per heavy atom. The van der Waals surface area contributed by atoms with Crippen molar-refractivity contribution in [2.24, 2.45) is 0 Å². The number of benzene rings is 2. The van der Waals surface area contributed by atoms with Gasteiger partial charge < -0.3 is 4.74 Å². The molecule has 5 nitrogen and oxygen atoms in total. The van der Waals surface area contributed by atoms with Crippen LogP contribution in [-0.4, -0.2) is 4.92 Å². The Labute approximate surface area is 118 Å². The largest absolute Gasteiger partial charge is 0.482 e. The van der Waals surface area contributed by atoms with Crippen LogP contribution < -0.4 is 4.74 Å². The second-order valence-corrected chi connectivity index (χ2v) is 4.05. The van der Waals surface area contributed by atoms with E-state index in [9.17, 15) is 18.9 Å². The van der Waals surface area contributed by atoms with Crippen LogP contribution in [0.25, 0.3) is 0 Å². The third-order valence-electron chi connectivity index (χ3n) is 2.70. The highest BCUT2D eigenvalue weighted by Crippen LogP contribution is 2.28. The van der Waals surface area contributed by atoms with Crippen LogP contribution >= 0.6 is 0 Å². The summed E-state index contributed by atoms with van der Waals surface area (Å²) in [7, 11) is 0. The average molecular weight is 290 g/mol. The smallest absolute Gasteiger partial charge is 0.313 e. The Hall–Kier alpha value is -3.01. The summed E-state index contributed by atoms with van der Waals surface area (Å²) in [5, 5.41) is 19.5. The molecule has 0 saturated carbocycles. The Morgan fingerprint density at radius 3 is 2.71 bits per heavy atom. The molecule has 0 spiro atoms. The predicted molar refractivity (Wildman–Crippen MR) is 68.5 cm³/mol. The molecule has 106 valence electrons. The first-order chi connectivity index (χ1) is 10.0. The van der Waals surface area contributed by atoms with Gasteiger partial charge in [-0.15, -0.1) is 0 Å². The second kappa shape index (κ2) is 5.96. The lowest BCUT2D eigenvalue weighted by Crippen LogP contribution is -2.02. The van der Waals surface area contributed by atoms with Crippen LogP contribution in [0.2, 0.25) is 0 Å². The van der Waals surface area contributed by atoms with E-state index in [1.807, 2.05) is 0 Å². The number of nitriles is 1. The topological polar surface area (TPSA) is 76.2 Å². The zero-order valence-corrected chi connectivity index (χ0v) is 10.5. The van der Waals surface area contributed by atoms with Crippen LogP contribution in [0.4, 0.5) is 14.5 Å². The van der Waals surface area contributed by atoms with Gasteiger partial charge in [-0.25, -0.2) is 8.78 Å². The van der Waals surface area contributed by atoms with Crippen LogP contribution in [0.5, 0.6) is 5.75 Å². The van der Waals surface area contributed by atoms with Gasteiger partial charge in [-0.2, -0.15) is 5.26 Å². The van der Waals surface area contributed by atoms with Crippen molar-refractivity contribution in [1.29, 1.82) is 5.26 Å². The lowest BCUT2D eigenvalue weighted by atomic mass is 10.1. The molecule has 0 aliphatic heterocycles. The Kier molecular flexibility index (Phi) is 4.09. The highest BCUT2D eigenvalue weighted by atomic mass is 19.1. The number of nitrogens with zero attached hydrogens (tertiary/aromatic N) is 2. The van der Waals surface area contributed by atoms with Crippen LogP contribution in [-0.2, 0) is 6.61 Å². The number of hydrogen-bond donors (Lipinski definition) is 0. The number of rotatable bonds is 4. The average Bonchev–Trinajstić information content (AvgIpc) is 2.47. The minimum absolute atomic E-state index is 0.0765. The molecule has 2 aromatic carbocycles. The number of ether oxygens (including phenoxy) is 1. The minimum atomic E-state index is -0.791. The molecule has 0 saturated heterocycles. The van der Waals surface area contributed by atoms with Crippen molar-refractivity contribution in [3.63, 3.8) is 0 Å². The van der Waals surface area contributed by atoms with E-state index in [2.05, 4.69) is 0 Å². The number of halogens is 2. The lowest BCUT2D eigenvalue weighted by Gasteiger charge is -2.08. The molecule has 0 unspecified atom stereocenters. The van der Waals surface area contributed by atoms with Crippen molar-refractivity contribution in [1.82, 2.24) is 0 Å². The summed E-state index contributed by atoms with van der Waals surface area (Å²) in [6.45, 7) is -0.312. The summed E-state index contributed by atoms with van der Waals surface area (Å²) in [5.74, 6) is -1.69. The van der Waals surface area contributed by atoms with E-state index in [-0.39, 0.29) is 23.5 Å². The molecule has 21 heavy (non-hydrogen) atoms. The fourth-order valence-corrected chi connectivity index (χ4v) is 1.69. The molecule has 0 atom stereocenters. The predicted octanol–water partition coefficient (Wildman–Crippen LogP) is 3.32. The Balaban J connectivity index is 2.25. The minimum Gasteiger partial charge on any atom is -0.482 e. The van der Waals surface area contributed by atoms with E-state index in [4.69, 9.17) is 10.00 Å². The van der Waals surface area contributed by atoms with Gasteiger partial charge in [-0.3, -0.25) is 10.1 Å². The van der Waals surface area contributed by atoms with Crippen molar-refractivity contribution in [2.45, 2.75) is 6.61 Å². The van der Waals surface area contributed by atoms with Gasteiger partial charge in [0, 0.05) is 5.56 Å². The van der Waals surface area contributed by atoms with Crippen molar-refractivity contribution in [3.8, 4) is 11.8 Å². The standard InChI is InChI=1S/C14H8F2N2O3/c15-11-4-5-13(12(6-11)18(19)20)21-8-10-3-1-2-9(7-17)14(10)16/h1-6H,8H2. The Morgan fingerprint density at radius 1 is 1.29 bits per heavy atom. The maximum absolute atomic E-state index is 13.8. The molecule has 0 radical (unpaired) electrons. The summed E-state index contributed by atoms with van der Waals surface area (Å²) in [4.78, 5) is 10.0. The van der Waals surface area contributed by atoms with E-state index < -0.39 is 22.2 Å². The molecule has 0 aromatic heterocycles. The molecule has 2 aromatic rings. The second-order valence-electron chi connectivity index (χ2n) is 4.05. The zero-order valence-electron chi connectivity index (χ0n) is 10.5. The van der Waals surface area contributed by atoms with Crippen LogP contribution in [0.15, 0.2) is 36.4 Å². The monoisotopic (exact) mass is 290 g/mol. The first-order valence-electron chi connectivity index (χ1n) is 5.77. The van der Waals surface area contributed by atoms with Gasteiger partial charge in [-0.05, 0) is 18.2 Å². The maximum atomic E-state index is 13.8. The summed E-state index contributed by atoms with van der Waals surface area (Å²) in [5.41, 5.74) is -0.621. The summed E-state index contributed by atoms with van der Waals surface area (Å²) >= 11 is 0. The SMILES string of the molecule is N#Cc1cccc(COc2ccc(F)cc2[N+](=O)[O-])c1F. The molecular weight excluding hydrogens is 282 g/mol. The first kappa shape index (κ1) is 14.4. The molecule has 2 rings (SSSR count). The van der Waals surface area contributed by atoms with Crippen LogP contribution in [0, 0.1) is 33.1 Å². The van der Waals surface area contributed by atoms with Gasteiger partial charge in [-0.1, -0.05) is 12.1 Å². The van der Waals surface area contributed by atoms with E-state index in [1.54, 1.807) is 6.07 Å². The summed E-state index contributed by atoms with van der Waals surface area (Å²) < 4.78 is 31.9. The quantitative estimate of drug-likeness (QED) is 0.639. The van der Waals surface area contributed by atoms with Gasteiger partial charge >= 0.3 is 5.69 Å². The molecule has 0 heterocycles. The maximum Gasteiger partial charge on any atom is 0.313 e. The van der Waals surface area contributed by atoms with Gasteiger partial charge in [0.1, 0.15) is 24.3 Å². The molecule has 0 bridgehead atoms. The molecule has 7 heteroatoms. The first-order valence-corrected chi connectivity index (χ1v) is 5.77. The van der Waals surface area contributed by atoms with Crippen molar-refractivity contribution < 1.29 is 18.4 Å². The van der Waals surface area contributed by atoms with Gasteiger partial charge in [0.25, 0.3) is 0 Å². The zero-order chi connectivity index (χ0) is 15.4. The van der Waals surface area contributed by atoms with Crippen LogP contribution in [0.3, 0.4) is 0 Å². The van der Waals surface area contributed by atoms with E-state index in [0.717, 1.165) is 18.2 Å². The van der Waals surface area contributed by atoms with Crippen molar-refractivity contribution >= 4 is 5.69 Å². The van der Waals surface area contributed by atoms with E-state index in [1.165, 1.54) is 18.2 Å². The third-order valence-corrected chi connectivity index (χ3v) is 2.70. The normalized spacial score (nSPS) is 9.95. The molecular formula is C14H8F2N2O3. The number of hydrogen-bond acceptors (Lipinski definition) is 4. The lowest BCUT2D eigenvalue weighted by molar-refractivity contribution is -0.386. The fraction of sp³-hybridized carbons (Fsp3) is 0.0714. The Bertz CT molecular complexity index is 741. The number of nitro groups is 1. The fourth-order valence-electron chi connectivity index (χ4n) is 1.69. The molecule has 0 fully saturated rings. The van der Waals surface area contributed by atoms with E-state index in [0.29, 0.717) is 0 Å².